The van der Waals surface area contributed by atoms with Crippen molar-refractivity contribution in [3.63, 3.8) is 0 Å². The van der Waals surface area contributed by atoms with Crippen LogP contribution >= 0.6 is 0 Å². The normalized spacial score (nSPS) is 20.8. The smallest absolute Gasteiger partial charge is 0.0328 e. The van der Waals surface area contributed by atoms with Crippen molar-refractivity contribution in [1.82, 2.24) is 5.32 Å². The fourth-order valence-corrected chi connectivity index (χ4v) is 2.75. The zero-order valence-electron chi connectivity index (χ0n) is 10.7. The molecule has 0 saturated heterocycles. The van der Waals surface area contributed by atoms with Gasteiger partial charge >= 0.3 is 0 Å². The summed E-state index contributed by atoms with van der Waals surface area (Å²) in [6, 6.07) is 8.13. The summed E-state index contributed by atoms with van der Waals surface area (Å²) in [7, 11) is 0. The van der Waals surface area contributed by atoms with E-state index in [0.717, 1.165) is 0 Å². The number of hydrogen-bond acceptors (Lipinski definition) is 1. The van der Waals surface area contributed by atoms with Crippen molar-refractivity contribution in [2.45, 2.75) is 58.5 Å². The second-order valence-electron chi connectivity index (χ2n) is 5.15. The first kappa shape index (κ1) is 11.7. The largest absolute Gasteiger partial charge is 0.307 e. The average Bonchev–Trinajstić information content (AvgIpc) is 2.61. The van der Waals surface area contributed by atoms with Gasteiger partial charge in [0.05, 0.1) is 0 Å². The monoisotopic (exact) mass is 217 g/mol. The van der Waals surface area contributed by atoms with Crippen LogP contribution in [-0.2, 0) is 6.42 Å². The van der Waals surface area contributed by atoms with Gasteiger partial charge in [-0.15, -0.1) is 0 Å². The van der Waals surface area contributed by atoms with Gasteiger partial charge in [-0.05, 0) is 44.2 Å². The first-order valence-corrected chi connectivity index (χ1v) is 6.56. The molecule has 2 rings (SSSR count). The molecule has 0 bridgehead atoms. The van der Waals surface area contributed by atoms with Gasteiger partial charge in [-0.2, -0.15) is 0 Å². The molecule has 1 heteroatoms. The molecule has 2 atom stereocenters. The minimum Gasteiger partial charge on any atom is -0.307 e. The van der Waals surface area contributed by atoms with Crippen LogP contribution in [0.3, 0.4) is 0 Å². The lowest BCUT2D eigenvalue weighted by Gasteiger charge is -2.20. The lowest BCUT2D eigenvalue weighted by atomic mass is 10.0. The third-order valence-electron chi connectivity index (χ3n) is 3.59. The fourth-order valence-electron chi connectivity index (χ4n) is 2.75. The lowest BCUT2D eigenvalue weighted by Crippen LogP contribution is -2.29. The van der Waals surface area contributed by atoms with Gasteiger partial charge < -0.3 is 5.32 Å². The van der Waals surface area contributed by atoms with Crippen molar-refractivity contribution in [3.8, 4) is 0 Å². The Kier molecular flexibility index (Phi) is 3.65. The van der Waals surface area contributed by atoms with Crippen molar-refractivity contribution in [3.05, 3.63) is 34.9 Å². The minimum absolute atomic E-state index is 0.594. The highest BCUT2D eigenvalue weighted by Crippen LogP contribution is 2.32. The Morgan fingerprint density at radius 1 is 1.44 bits per heavy atom. The average molecular weight is 217 g/mol. The number of benzene rings is 1. The minimum atomic E-state index is 0.594. The van der Waals surface area contributed by atoms with E-state index in [1.54, 1.807) is 11.1 Å². The van der Waals surface area contributed by atoms with Crippen molar-refractivity contribution in [2.24, 2.45) is 0 Å². The van der Waals surface area contributed by atoms with Crippen LogP contribution in [0.1, 0.15) is 55.8 Å². The zero-order chi connectivity index (χ0) is 11.5. The molecule has 0 radical (unpaired) electrons. The molecular weight excluding hydrogens is 194 g/mol. The maximum atomic E-state index is 3.76. The van der Waals surface area contributed by atoms with E-state index in [4.69, 9.17) is 0 Å². The van der Waals surface area contributed by atoms with E-state index in [9.17, 15) is 0 Å². The number of hydrogen-bond donors (Lipinski definition) is 1. The third-order valence-corrected chi connectivity index (χ3v) is 3.59. The highest BCUT2D eigenvalue weighted by atomic mass is 14.9. The van der Waals surface area contributed by atoms with Crippen LogP contribution < -0.4 is 5.32 Å². The molecule has 0 aliphatic heterocycles. The van der Waals surface area contributed by atoms with Crippen LogP contribution in [0.5, 0.6) is 0 Å². The quantitative estimate of drug-likeness (QED) is 0.809. The molecule has 1 aliphatic rings. The van der Waals surface area contributed by atoms with E-state index in [-0.39, 0.29) is 0 Å². The molecule has 16 heavy (non-hydrogen) atoms. The zero-order valence-corrected chi connectivity index (χ0v) is 10.7. The van der Waals surface area contributed by atoms with E-state index >= 15 is 0 Å². The number of nitrogens with one attached hydrogen (secondary N) is 1. The number of fused-ring (bicyclic) bond motifs is 1. The third kappa shape index (κ3) is 2.46. The number of rotatable bonds is 4. The van der Waals surface area contributed by atoms with Crippen LogP contribution in [0, 0.1) is 6.92 Å². The standard InChI is InChI=1S/C15H23N/c1-4-5-12(3)16-15-9-8-13-7-6-11(2)10-14(13)15/h6-7,10,12,15-16H,4-5,8-9H2,1-3H3. The molecule has 2 unspecified atom stereocenters. The summed E-state index contributed by atoms with van der Waals surface area (Å²) in [5.74, 6) is 0. The Labute approximate surface area is 99.3 Å². The van der Waals surface area contributed by atoms with Crippen LogP contribution in [-0.4, -0.2) is 6.04 Å². The van der Waals surface area contributed by atoms with Crippen molar-refractivity contribution in [2.75, 3.05) is 0 Å². The highest BCUT2D eigenvalue weighted by Gasteiger charge is 2.22. The molecule has 0 fully saturated rings. The molecule has 1 aromatic carbocycles. The van der Waals surface area contributed by atoms with Gasteiger partial charge in [-0.25, -0.2) is 0 Å². The van der Waals surface area contributed by atoms with E-state index in [1.807, 2.05) is 0 Å². The van der Waals surface area contributed by atoms with Gasteiger partial charge in [0.1, 0.15) is 0 Å². The maximum Gasteiger partial charge on any atom is 0.0328 e. The van der Waals surface area contributed by atoms with Crippen molar-refractivity contribution >= 4 is 0 Å². The summed E-state index contributed by atoms with van der Waals surface area (Å²) in [6.07, 6.45) is 5.05. The molecule has 0 spiro atoms. The molecule has 0 aromatic heterocycles. The molecule has 0 heterocycles. The predicted molar refractivity (Wildman–Crippen MR) is 69.7 cm³/mol. The highest BCUT2D eigenvalue weighted by molar-refractivity contribution is 5.37. The van der Waals surface area contributed by atoms with Crippen molar-refractivity contribution in [1.29, 1.82) is 0 Å². The summed E-state index contributed by atoms with van der Waals surface area (Å²) in [5.41, 5.74) is 4.48. The summed E-state index contributed by atoms with van der Waals surface area (Å²) >= 11 is 0. The molecule has 1 N–H and O–H groups in total. The molecule has 88 valence electrons. The summed E-state index contributed by atoms with van der Waals surface area (Å²) in [4.78, 5) is 0. The van der Waals surface area contributed by atoms with Gasteiger partial charge in [0.15, 0.2) is 0 Å². The van der Waals surface area contributed by atoms with Crippen molar-refractivity contribution < 1.29 is 0 Å². The predicted octanol–water partition coefficient (Wildman–Crippen LogP) is 3.76. The Balaban J connectivity index is 2.08. The second kappa shape index (κ2) is 5.01. The van der Waals surface area contributed by atoms with E-state index in [1.165, 1.54) is 31.2 Å². The fraction of sp³-hybridized carbons (Fsp3) is 0.600. The second-order valence-corrected chi connectivity index (χ2v) is 5.15. The van der Waals surface area contributed by atoms with Crippen LogP contribution in [0.2, 0.25) is 0 Å². The molecule has 1 aromatic rings. The first-order chi connectivity index (χ1) is 7.70. The van der Waals surface area contributed by atoms with Gasteiger partial charge in [0.2, 0.25) is 0 Å². The summed E-state index contributed by atoms with van der Waals surface area (Å²) in [6.45, 7) is 6.74. The molecule has 0 saturated carbocycles. The molecule has 0 amide bonds. The van der Waals surface area contributed by atoms with Gasteiger partial charge in [0, 0.05) is 12.1 Å². The van der Waals surface area contributed by atoms with E-state index in [2.05, 4.69) is 44.3 Å². The maximum absolute atomic E-state index is 3.76. The SMILES string of the molecule is CCCC(C)NC1CCc2ccc(C)cc21. The van der Waals surface area contributed by atoms with Crippen LogP contribution in [0.25, 0.3) is 0 Å². The summed E-state index contributed by atoms with van der Waals surface area (Å²) in [5, 5.41) is 3.76. The Hall–Kier alpha value is -0.820. The molecule has 1 nitrogen and oxygen atoms in total. The first-order valence-electron chi connectivity index (χ1n) is 6.56. The molecular formula is C15H23N. The van der Waals surface area contributed by atoms with E-state index in [0.29, 0.717) is 12.1 Å². The summed E-state index contributed by atoms with van der Waals surface area (Å²) < 4.78 is 0. The van der Waals surface area contributed by atoms with Gasteiger partial charge in [-0.1, -0.05) is 37.1 Å². The van der Waals surface area contributed by atoms with Gasteiger partial charge in [0.25, 0.3) is 0 Å². The van der Waals surface area contributed by atoms with Crippen LogP contribution in [0.4, 0.5) is 0 Å². The molecule has 1 aliphatic carbocycles. The van der Waals surface area contributed by atoms with E-state index < -0.39 is 0 Å². The Morgan fingerprint density at radius 3 is 3.00 bits per heavy atom. The topological polar surface area (TPSA) is 12.0 Å². The Bertz CT molecular complexity index is 356. The lowest BCUT2D eigenvalue weighted by molar-refractivity contribution is 0.431. The number of aryl methyl sites for hydroxylation is 2. The Morgan fingerprint density at radius 2 is 2.25 bits per heavy atom. The van der Waals surface area contributed by atoms with Gasteiger partial charge in [-0.3, -0.25) is 0 Å². The van der Waals surface area contributed by atoms with Crippen LogP contribution in [0.15, 0.2) is 18.2 Å².